The zero-order valence-corrected chi connectivity index (χ0v) is 16.7. The highest BCUT2D eigenvalue weighted by Crippen LogP contribution is 2.23. The Morgan fingerprint density at radius 2 is 1.74 bits per heavy atom. The lowest BCUT2D eigenvalue weighted by Crippen LogP contribution is -2.49. The first-order valence-electron chi connectivity index (χ1n) is 9.95. The maximum atomic E-state index is 11.9. The Labute approximate surface area is 163 Å². The molecule has 0 aromatic heterocycles. The molecule has 144 valence electrons. The van der Waals surface area contributed by atoms with Crippen LogP contribution in [0.4, 0.5) is 4.79 Å². The Kier molecular flexibility index (Phi) is 6.51. The summed E-state index contributed by atoms with van der Waals surface area (Å²) in [5.74, 6) is 0. The maximum absolute atomic E-state index is 11.9. The van der Waals surface area contributed by atoms with Crippen molar-refractivity contribution >= 4 is 6.03 Å². The van der Waals surface area contributed by atoms with Crippen molar-refractivity contribution in [3.05, 3.63) is 59.7 Å². The number of piperidine rings is 1. The number of urea groups is 1. The van der Waals surface area contributed by atoms with E-state index >= 15 is 0 Å². The molecule has 1 fully saturated rings. The molecule has 2 aromatic rings. The molecular weight excluding hydrogens is 334 g/mol. The van der Waals surface area contributed by atoms with Gasteiger partial charge in [0.05, 0.1) is 0 Å². The van der Waals surface area contributed by atoms with Crippen LogP contribution in [0.5, 0.6) is 0 Å². The van der Waals surface area contributed by atoms with Gasteiger partial charge in [-0.15, -0.1) is 0 Å². The van der Waals surface area contributed by atoms with Gasteiger partial charge in [0.2, 0.25) is 0 Å². The fourth-order valence-corrected chi connectivity index (χ4v) is 3.66. The molecule has 27 heavy (non-hydrogen) atoms. The summed E-state index contributed by atoms with van der Waals surface area (Å²) in [5.41, 5.74) is 5.18. The van der Waals surface area contributed by atoms with Crippen molar-refractivity contribution in [2.75, 3.05) is 13.1 Å². The normalized spacial score (nSPS) is 15.7. The number of hydrogen-bond acceptors (Lipinski definition) is 2. The van der Waals surface area contributed by atoms with E-state index in [1.54, 1.807) is 0 Å². The number of rotatable bonds is 5. The Morgan fingerprint density at radius 1 is 1.07 bits per heavy atom. The van der Waals surface area contributed by atoms with Gasteiger partial charge >= 0.3 is 6.03 Å². The number of likely N-dealkylation sites (tertiary alicyclic amines) is 1. The van der Waals surface area contributed by atoms with Crippen LogP contribution in [0.15, 0.2) is 48.5 Å². The monoisotopic (exact) mass is 365 g/mol. The van der Waals surface area contributed by atoms with Crippen LogP contribution in [0.2, 0.25) is 0 Å². The molecule has 4 nitrogen and oxygen atoms in total. The molecule has 0 saturated carbocycles. The second-order valence-corrected chi connectivity index (χ2v) is 7.89. The molecule has 0 atom stereocenters. The predicted molar refractivity (Wildman–Crippen MR) is 112 cm³/mol. The summed E-state index contributed by atoms with van der Waals surface area (Å²) in [5, 5.41) is 6.00. The molecule has 0 unspecified atom stereocenters. The highest BCUT2D eigenvalue weighted by Gasteiger charge is 2.21. The van der Waals surface area contributed by atoms with E-state index in [0.717, 1.165) is 32.5 Å². The van der Waals surface area contributed by atoms with E-state index in [9.17, 15) is 4.79 Å². The third-order valence-electron chi connectivity index (χ3n) is 5.03. The highest BCUT2D eigenvalue weighted by atomic mass is 16.2. The quantitative estimate of drug-likeness (QED) is 0.828. The zero-order valence-electron chi connectivity index (χ0n) is 16.7. The number of carbonyl (C=O) groups excluding carboxylic acids is 1. The topological polar surface area (TPSA) is 44.4 Å². The predicted octanol–water partition coefficient (Wildman–Crippen LogP) is 4.33. The summed E-state index contributed by atoms with van der Waals surface area (Å²) in [6.07, 6.45) is 2.01. The van der Waals surface area contributed by atoms with Crippen LogP contribution in [0.1, 0.15) is 37.8 Å². The van der Waals surface area contributed by atoms with Crippen molar-refractivity contribution in [2.24, 2.45) is 0 Å². The van der Waals surface area contributed by atoms with Gasteiger partial charge in [-0.1, -0.05) is 48.0 Å². The summed E-state index contributed by atoms with van der Waals surface area (Å²) in [6, 6.07) is 17.9. The van der Waals surface area contributed by atoms with Crippen LogP contribution < -0.4 is 10.6 Å². The van der Waals surface area contributed by atoms with E-state index in [1.165, 1.54) is 22.3 Å². The fraction of sp³-hybridized carbons (Fsp3) is 0.435. The molecule has 0 spiro atoms. The summed E-state index contributed by atoms with van der Waals surface area (Å²) >= 11 is 0. The first-order valence-corrected chi connectivity index (χ1v) is 9.95. The number of aryl methyl sites for hydroxylation is 1. The highest BCUT2D eigenvalue weighted by molar-refractivity contribution is 5.74. The molecule has 0 radical (unpaired) electrons. The third-order valence-corrected chi connectivity index (χ3v) is 5.03. The van der Waals surface area contributed by atoms with Crippen molar-refractivity contribution in [1.82, 2.24) is 15.5 Å². The Bertz CT molecular complexity index is 764. The Morgan fingerprint density at radius 3 is 2.41 bits per heavy atom. The summed E-state index contributed by atoms with van der Waals surface area (Å²) in [4.78, 5) is 14.3. The molecule has 4 heteroatoms. The summed E-state index contributed by atoms with van der Waals surface area (Å²) in [7, 11) is 0. The van der Waals surface area contributed by atoms with Crippen molar-refractivity contribution < 1.29 is 4.79 Å². The van der Waals surface area contributed by atoms with Gasteiger partial charge in [-0.3, -0.25) is 4.90 Å². The van der Waals surface area contributed by atoms with Gasteiger partial charge in [-0.2, -0.15) is 0 Å². The lowest BCUT2D eigenvalue weighted by Gasteiger charge is -2.32. The van der Waals surface area contributed by atoms with Crippen LogP contribution in [0.25, 0.3) is 11.1 Å². The smallest absolute Gasteiger partial charge is 0.315 e. The number of benzene rings is 2. The van der Waals surface area contributed by atoms with Gasteiger partial charge in [-0.05, 0) is 56.4 Å². The second-order valence-electron chi connectivity index (χ2n) is 7.89. The second kappa shape index (κ2) is 9.05. The molecule has 0 aliphatic carbocycles. The molecular formula is C23H31N3O. The van der Waals surface area contributed by atoms with E-state index in [4.69, 9.17) is 0 Å². The third kappa shape index (κ3) is 5.83. The van der Waals surface area contributed by atoms with Gasteiger partial charge in [0, 0.05) is 31.7 Å². The molecule has 1 heterocycles. The molecule has 1 aliphatic heterocycles. The minimum Gasteiger partial charge on any atom is -0.336 e. The van der Waals surface area contributed by atoms with Crippen molar-refractivity contribution in [3.8, 4) is 11.1 Å². The standard InChI is InChI=1S/C23H31N3O/c1-17(2)24-23(27)25-22-10-12-26(13-11-22)16-19-7-5-9-21(15-19)20-8-4-6-18(3)14-20/h4-9,14-15,17,22H,10-13,16H2,1-3H3,(H2,24,25,27). The zero-order chi connectivity index (χ0) is 19.2. The number of carbonyl (C=O) groups is 1. The van der Waals surface area contributed by atoms with Crippen molar-refractivity contribution in [2.45, 2.75) is 52.2 Å². The van der Waals surface area contributed by atoms with Crippen LogP contribution in [0, 0.1) is 6.92 Å². The van der Waals surface area contributed by atoms with E-state index in [0.29, 0.717) is 0 Å². The SMILES string of the molecule is Cc1cccc(-c2cccc(CN3CCC(NC(=O)NC(C)C)CC3)c2)c1. The number of amides is 2. The van der Waals surface area contributed by atoms with E-state index < -0.39 is 0 Å². The van der Waals surface area contributed by atoms with Gasteiger partial charge in [0.25, 0.3) is 0 Å². The first-order chi connectivity index (χ1) is 13.0. The molecule has 2 N–H and O–H groups in total. The Balaban J connectivity index is 1.53. The van der Waals surface area contributed by atoms with Gasteiger partial charge < -0.3 is 10.6 Å². The molecule has 2 amide bonds. The molecule has 1 aliphatic rings. The average Bonchev–Trinajstić information content (AvgIpc) is 2.63. The minimum absolute atomic E-state index is 0.0469. The minimum atomic E-state index is -0.0469. The molecule has 0 bridgehead atoms. The van der Waals surface area contributed by atoms with E-state index in [1.807, 2.05) is 13.8 Å². The average molecular weight is 366 g/mol. The van der Waals surface area contributed by atoms with Crippen LogP contribution in [0.3, 0.4) is 0 Å². The van der Waals surface area contributed by atoms with Gasteiger partial charge in [0.15, 0.2) is 0 Å². The molecule has 3 rings (SSSR count). The number of nitrogens with one attached hydrogen (secondary N) is 2. The molecule has 1 saturated heterocycles. The Hall–Kier alpha value is -2.33. The van der Waals surface area contributed by atoms with Crippen LogP contribution in [-0.2, 0) is 6.54 Å². The van der Waals surface area contributed by atoms with E-state index in [-0.39, 0.29) is 18.1 Å². The largest absolute Gasteiger partial charge is 0.336 e. The lowest BCUT2D eigenvalue weighted by molar-refractivity contribution is 0.186. The van der Waals surface area contributed by atoms with Crippen LogP contribution in [-0.4, -0.2) is 36.1 Å². The van der Waals surface area contributed by atoms with Crippen LogP contribution >= 0.6 is 0 Å². The fourth-order valence-electron chi connectivity index (χ4n) is 3.66. The lowest BCUT2D eigenvalue weighted by atomic mass is 10.0. The first kappa shape index (κ1) is 19.4. The number of nitrogens with zero attached hydrogens (tertiary/aromatic N) is 1. The summed E-state index contributed by atoms with van der Waals surface area (Å²) in [6.45, 7) is 9.08. The number of hydrogen-bond donors (Lipinski definition) is 2. The van der Waals surface area contributed by atoms with Gasteiger partial charge in [-0.25, -0.2) is 4.79 Å². The van der Waals surface area contributed by atoms with E-state index in [2.05, 4.69) is 71.0 Å². The maximum Gasteiger partial charge on any atom is 0.315 e. The van der Waals surface area contributed by atoms with Gasteiger partial charge in [0.1, 0.15) is 0 Å². The molecule has 2 aromatic carbocycles. The summed E-state index contributed by atoms with van der Waals surface area (Å²) < 4.78 is 0. The van der Waals surface area contributed by atoms with Crippen molar-refractivity contribution in [1.29, 1.82) is 0 Å². The van der Waals surface area contributed by atoms with Crippen molar-refractivity contribution in [3.63, 3.8) is 0 Å².